The molecule has 3 heterocycles. The summed E-state index contributed by atoms with van der Waals surface area (Å²) in [6, 6.07) is 17.6. The van der Waals surface area contributed by atoms with Crippen molar-refractivity contribution in [2.75, 3.05) is 19.7 Å². The van der Waals surface area contributed by atoms with Gasteiger partial charge in [0.1, 0.15) is 18.5 Å². The lowest BCUT2D eigenvalue weighted by molar-refractivity contribution is 0.0408. The number of nitrogens with one attached hydrogen (secondary N) is 1. The number of aliphatic hydroxyl groups is 1. The molecule has 168 valence electrons. The number of hydrogen-bond acceptors (Lipinski definition) is 4. The van der Waals surface area contributed by atoms with Crippen molar-refractivity contribution in [3.8, 4) is 5.75 Å². The molecule has 0 spiro atoms. The van der Waals surface area contributed by atoms with Crippen molar-refractivity contribution in [2.24, 2.45) is 0 Å². The molecule has 0 amide bonds. The van der Waals surface area contributed by atoms with Crippen molar-refractivity contribution in [1.82, 2.24) is 9.88 Å². The van der Waals surface area contributed by atoms with Gasteiger partial charge >= 0.3 is 0 Å². The second-order valence-corrected chi connectivity index (χ2v) is 10.2. The van der Waals surface area contributed by atoms with Crippen molar-refractivity contribution >= 4 is 32.3 Å². The number of rotatable bonds is 7. The predicted octanol–water partition coefficient (Wildman–Crippen LogP) is 5.95. The highest BCUT2D eigenvalue weighted by Gasteiger charge is 2.29. The van der Waals surface area contributed by atoms with Gasteiger partial charge in [-0.3, -0.25) is 4.90 Å². The van der Waals surface area contributed by atoms with Crippen LogP contribution in [-0.2, 0) is 6.42 Å². The fourth-order valence-electron chi connectivity index (χ4n) is 5.09. The number of H-pyrrole nitrogens is 1. The number of aliphatic hydroxyl groups excluding tert-OH is 1. The molecule has 0 saturated carbocycles. The van der Waals surface area contributed by atoms with Crippen LogP contribution in [0.3, 0.4) is 0 Å². The first kappa shape index (κ1) is 21.5. The number of ether oxygens (including phenoxy) is 1. The van der Waals surface area contributed by atoms with E-state index in [2.05, 4.69) is 48.0 Å². The van der Waals surface area contributed by atoms with Crippen LogP contribution in [0.25, 0.3) is 21.0 Å². The Bertz CT molecular complexity index is 1200. The van der Waals surface area contributed by atoms with Crippen LogP contribution >= 0.6 is 11.3 Å². The molecule has 1 fully saturated rings. The SMILES string of the molecule is CCc1cccc2sc([C@@H]3CCN(C[C@H](O)COc4cccc5[nH]ccc45)[C@@H](C)C3)cc12. The van der Waals surface area contributed by atoms with Gasteiger partial charge in [-0.15, -0.1) is 11.3 Å². The van der Waals surface area contributed by atoms with Crippen LogP contribution < -0.4 is 4.74 Å². The molecule has 2 aromatic heterocycles. The number of hydrogen-bond donors (Lipinski definition) is 2. The van der Waals surface area contributed by atoms with Crippen molar-refractivity contribution in [2.45, 2.75) is 51.2 Å². The van der Waals surface area contributed by atoms with Crippen molar-refractivity contribution < 1.29 is 9.84 Å². The maximum Gasteiger partial charge on any atom is 0.128 e. The van der Waals surface area contributed by atoms with Crippen LogP contribution in [0.5, 0.6) is 5.75 Å². The third kappa shape index (κ3) is 4.29. The minimum Gasteiger partial charge on any atom is -0.490 e. The van der Waals surface area contributed by atoms with Gasteiger partial charge in [-0.05, 0) is 79.9 Å². The van der Waals surface area contributed by atoms with Crippen LogP contribution in [0.15, 0.2) is 54.7 Å². The number of β-amino-alcohol motifs (C(OH)–C–C–N with tert-alkyl or cyclic N) is 1. The molecule has 0 bridgehead atoms. The van der Waals surface area contributed by atoms with Gasteiger partial charge in [0.15, 0.2) is 0 Å². The largest absolute Gasteiger partial charge is 0.490 e. The summed E-state index contributed by atoms with van der Waals surface area (Å²) in [6.45, 7) is 6.52. The average molecular weight is 449 g/mol. The molecular formula is C27H32N2O2S. The number of thiophene rings is 1. The lowest BCUT2D eigenvalue weighted by atomic mass is 9.89. The van der Waals surface area contributed by atoms with E-state index >= 15 is 0 Å². The quantitative estimate of drug-likeness (QED) is 0.367. The Morgan fingerprint density at radius 2 is 2.06 bits per heavy atom. The van der Waals surface area contributed by atoms with Crippen molar-refractivity contribution in [1.29, 1.82) is 0 Å². The van der Waals surface area contributed by atoms with E-state index in [1.165, 1.54) is 20.5 Å². The van der Waals surface area contributed by atoms with E-state index in [1.807, 2.05) is 41.8 Å². The average Bonchev–Trinajstić information content (AvgIpc) is 3.46. The first-order valence-electron chi connectivity index (χ1n) is 11.7. The first-order valence-corrected chi connectivity index (χ1v) is 12.6. The van der Waals surface area contributed by atoms with Crippen LogP contribution in [0.2, 0.25) is 0 Å². The maximum atomic E-state index is 10.7. The number of benzene rings is 2. The van der Waals surface area contributed by atoms with Gasteiger partial charge in [0.25, 0.3) is 0 Å². The van der Waals surface area contributed by atoms with Crippen LogP contribution in [0, 0.1) is 0 Å². The summed E-state index contributed by atoms with van der Waals surface area (Å²) in [7, 11) is 0. The molecule has 3 atom stereocenters. The summed E-state index contributed by atoms with van der Waals surface area (Å²) in [5.74, 6) is 1.44. The molecule has 4 nitrogen and oxygen atoms in total. The Kier molecular flexibility index (Phi) is 6.22. The number of likely N-dealkylation sites (tertiary alicyclic amines) is 1. The molecular weight excluding hydrogens is 416 g/mol. The Morgan fingerprint density at radius 3 is 2.91 bits per heavy atom. The minimum atomic E-state index is -0.500. The second kappa shape index (κ2) is 9.26. The smallest absolute Gasteiger partial charge is 0.128 e. The zero-order valence-electron chi connectivity index (χ0n) is 18.9. The van der Waals surface area contributed by atoms with Gasteiger partial charge in [0.2, 0.25) is 0 Å². The molecule has 2 N–H and O–H groups in total. The summed E-state index contributed by atoms with van der Waals surface area (Å²) >= 11 is 1.97. The van der Waals surface area contributed by atoms with Gasteiger partial charge in [0.05, 0.1) is 0 Å². The van der Waals surface area contributed by atoms with E-state index < -0.39 is 6.10 Å². The lowest BCUT2D eigenvalue weighted by Crippen LogP contribution is -2.45. The van der Waals surface area contributed by atoms with E-state index in [4.69, 9.17) is 4.74 Å². The summed E-state index contributed by atoms with van der Waals surface area (Å²) in [4.78, 5) is 7.15. The highest BCUT2D eigenvalue weighted by Crippen LogP contribution is 2.39. The lowest BCUT2D eigenvalue weighted by Gasteiger charge is -2.38. The molecule has 5 heteroatoms. The van der Waals surface area contributed by atoms with Crippen molar-refractivity contribution in [3.05, 3.63) is 65.2 Å². The predicted molar refractivity (Wildman–Crippen MR) is 134 cm³/mol. The first-order chi connectivity index (χ1) is 15.6. The molecule has 1 aliphatic rings. The molecule has 1 aliphatic heterocycles. The third-order valence-corrected chi connectivity index (χ3v) is 8.16. The van der Waals surface area contributed by atoms with Gasteiger partial charge in [-0.1, -0.05) is 25.1 Å². The zero-order valence-corrected chi connectivity index (χ0v) is 19.7. The Balaban J connectivity index is 1.18. The number of fused-ring (bicyclic) bond motifs is 2. The highest BCUT2D eigenvalue weighted by molar-refractivity contribution is 7.19. The molecule has 0 radical (unpaired) electrons. The summed E-state index contributed by atoms with van der Waals surface area (Å²) in [6.07, 6.45) is 4.79. The van der Waals surface area contributed by atoms with Crippen molar-refractivity contribution in [3.63, 3.8) is 0 Å². The number of aryl methyl sites for hydroxylation is 1. The zero-order chi connectivity index (χ0) is 22.1. The third-order valence-electron chi connectivity index (χ3n) is 6.90. The maximum absolute atomic E-state index is 10.7. The van der Waals surface area contributed by atoms with Gasteiger partial charge in [-0.25, -0.2) is 0 Å². The van der Waals surface area contributed by atoms with Gasteiger partial charge in [-0.2, -0.15) is 0 Å². The summed E-state index contributed by atoms with van der Waals surface area (Å²) < 4.78 is 7.38. The second-order valence-electron chi connectivity index (χ2n) is 9.06. The monoisotopic (exact) mass is 448 g/mol. The van der Waals surface area contributed by atoms with Gasteiger partial charge < -0.3 is 14.8 Å². The topological polar surface area (TPSA) is 48.5 Å². The number of aromatic nitrogens is 1. The van der Waals surface area contributed by atoms with Crippen LogP contribution in [0.1, 0.15) is 43.0 Å². The fourth-order valence-corrected chi connectivity index (χ4v) is 6.35. The van der Waals surface area contributed by atoms with E-state index in [1.54, 1.807) is 0 Å². The van der Waals surface area contributed by atoms with Gasteiger partial charge in [0, 0.05) is 39.3 Å². The Morgan fingerprint density at radius 1 is 1.19 bits per heavy atom. The molecule has 4 aromatic rings. The van der Waals surface area contributed by atoms with E-state index in [0.29, 0.717) is 25.1 Å². The molecule has 0 unspecified atom stereocenters. The van der Waals surface area contributed by atoms with E-state index in [9.17, 15) is 5.11 Å². The molecule has 2 aromatic carbocycles. The highest BCUT2D eigenvalue weighted by atomic mass is 32.1. The van der Waals surface area contributed by atoms with E-state index in [0.717, 1.165) is 42.5 Å². The Labute approximate surface area is 193 Å². The standard InChI is InChI=1S/C27H32N2O2S/c1-3-19-6-4-9-26-23(19)15-27(32-26)20-11-13-29(18(2)14-20)16-21(30)17-31-25-8-5-7-24-22(25)10-12-28-24/h4-10,12,15,18,20-21,28,30H,3,11,13-14,16-17H2,1-2H3/t18-,20+,21-/m0/s1. The molecule has 32 heavy (non-hydrogen) atoms. The molecule has 1 saturated heterocycles. The Hall–Kier alpha value is -2.34. The van der Waals surface area contributed by atoms with Crippen LogP contribution in [0.4, 0.5) is 0 Å². The number of nitrogens with zero attached hydrogens (tertiary/aromatic N) is 1. The number of aromatic amines is 1. The minimum absolute atomic E-state index is 0.313. The molecule has 5 rings (SSSR count). The van der Waals surface area contributed by atoms with E-state index in [-0.39, 0.29) is 0 Å². The fraction of sp³-hybridized carbons (Fsp3) is 0.407. The van der Waals surface area contributed by atoms with Crippen LogP contribution in [-0.4, -0.2) is 46.8 Å². The number of piperidine rings is 1. The summed E-state index contributed by atoms with van der Waals surface area (Å²) in [5, 5.41) is 13.2. The normalized spacial score (nSPS) is 20.7. The molecule has 0 aliphatic carbocycles. The summed E-state index contributed by atoms with van der Waals surface area (Å²) in [5.41, 5.74) is 2.51.